The molecule has 0 aliphatic heterocycles. The van der Waals surface area contributed by atoms with Gasteiger partial charge in [0.05, 0.1) is 12.5 Å². The van der Waals surface area contributed by atoms with Crippen LogP contribution in [0.3, 0.4) is 0 Å². The molecular formula is C18H26ClF2N3O2. The lowest BCUT2D eigenvalue weighted by Gasteiger charge is -2.39. The van der Waals surface area contributed by atoms with Gasteiger partial charge in [0.2, 0.25) is 11.8 Å². The lowest BCUT2D eigenvalue weighted by Crippen LogP contribution is -2.54. The van der Waals surface area contributed by atoms with Crippen molar-refractivity contribution in [2.75, 3.05) is 18.4 Å². The number of carbonyl (C=O) groups is 2. The molecular weight excluding hydrogens is 364 g/mol. The summed E-state index contributed by atoms with van der Waals surface area (Å²) in [7, 11) is 0. The molecule has 2 amide bonds. The third-order valence-electron chi connectivity index (χ3n) is 4.81. The molecule has 2 unspecified atom stereocenters. The van der Waals surface area contributed by atoms with E-state index in [9.17, 15) is 18.4 Å². The number of likely N-dealkylation sites (N-methyl/N-ethyl adjacent to an activating group) is 1. The summed E-state index contributed by atoms with van der Waals surface area (Å²) in [6, 6.07) is 3.33. The molecule has 146 valence electrons. The van der Waals surface area contributed by atoms with Gasteiger partial charge in [-0.1, -0.05) is 18.9 Å². The number of hydrogen-bond acceptors (Lipinski definition) is 3. The fourth-order valence-electron chi connectivity index (χ4n) is 3.30. The molecule has 3 N–H and O–H groups in total. The third-order valence-corrected chi connectivity index (χ3v) is 4.81. The second-order valence-corrected chi connectivity index (χ2v) is 6.80. The summed E-state index contributed by atoms with van der Waals surface area (Å²) in [6.45, 7) is 3.66. The Bertz CT molecular complexity index is 635. The van der Waals surface area contributed by atoms with Gasteiger partial charge in [-0.25, -0.2) is 8.78 Å². The van der Waals surface area contributed by atoms with Gasteiger partial charge in [0.15, 0.2) is 0 Å². The third kappa shape index (κ3) is 5.14. The topological polar surface area (TPSA) is 75.4 Å². The number of nitrogens with one attached hydrogen (secondary N) is 1. The van der Waals surface area contributed by atoms with Crippen LogP contribution in [0.2, 0.25) is 0 Å². The standard InChI is InChI=1S/C18H25F2N3O2.ClH/c1-3-23(17(25)12-7-4-5-10-18(12,2)21)11-15(24)22-16-13(19)8-6-9-14(16)20;/h6,8-9,12H,3-5,7,10-11,21H2,1-2H3,(H,22,24);1H. The number of nitrogens with zero attached hydrogens (tertiary/aromatic N) is 1. The summed E-state index contributed by atoms with van der Waals surface area (Å²) in [5.74, 6) is -2.89. The number of amides is 2. The van der Waals surface area contributed by atoms with E-state index in [-0.39, 0.29) is 30.8 Å². The molecule has 0 bridgehead atoms. The van der Waals surface area contributed by atoms with E-state index in [0.717, 1.165) is 31.4 Å². The molecule has 1 saturated carbocycles. The predicted octanol–water partition coefficient (Wildman–Crippen LogP) is 3.08. The molecule has 2 atom stereocenters. The number of rotatable bonds is 5. The first-order valence-electron chi connectivity index (χ1n) is 8.57. The van der Waals surface area contributed by atoms with Crippen LogP contribution in [0.15, 0.2) is 18.2 Å². The van der Waals surface area contributed by atoms with Crippen molar-refractivity contribution in [1.82, 2.24) is 4.90 Å². The molecule has 1 aromatic rings. The maximum Gasteiger partial charge on any atom is 0.244 e. The number of para-hydroxylation sites is 1. The van der Waals surface area contributed by atoms with Gasteiger partial charge in [0.25, 0.3) is 0 Å². The van der Waals surface area contributed by atoms with Crippen LogP contribution in [-0.2, 0) is 9.59 Å². The van der Waals surface area contributed by atoms with Gasteiger partial charge in [-0.2, -0.15) is 0 Å². The maximum atomic E-state index is 13.6. The fourth-order valence-corrected chi connectivity index (χ4v) is 3.30. The van der Waals surface area contributed by atoms with E-state index in [0.29, 0.717) is 13.0 Å². The van der Waals surface area contributed by atoms with E-state index in [1.165, 1.54) is 11.0 Å². The first-order chi connectivity index (χ1) is 11.8. The number of hydrogen-bond donors (Lipinski definition) is 2. The van der Waals surface area contributed by atoms with Gasteiger partial charge >= 0.3 is 0 Å². The van der Waals surface area contributed by atoms with Gasteiger partial charge in [-0.3, -0.25) is 9.59 Å². The molecule has 1 aromatic carbocycles. The largest absolute Gasteiger partial charge is 0.333 e. The Hall–Kier alpha value is -1.73. The van der Waals surface area contributed by atoms with Crippen LogP contribution >= 0.6 is 12.4 Å². The molecule has 8 heteroatoms. The number of halogens is 3. The summed E-state index contributed by atoms with van der Waals surface area (Å²) < 4.78 is 27.3. The van der Waals surface area contributed by atoms with Crippen molar-refractivity contribution in [3.05, 3.63) is 29.8 Å². The van der Waals surface area contributed by atoms with Gasteiger partial charge in [0.1, 0.15) is 17.3 Å². The minimum atomic E-state index is -0.857. The lowest BCUT2D eigenvalue weighted by molar-refractivity contribution is -0.141. The fraction of sp³-hybridized carbons (Fsp3) is 0.556. The molecule has 1 aliphatic carbocycles. The van der Waals surface area contributed by atoms with E-state index in [1.54, 1.807) is 6.92 Å². The second kappa shape index (κ2) is 9.28. The van der Waals surface area contributed by atoms with Crippen molar-refractivity contribution < 1.29 is 18.4 Å². The summed E-state index contributed by atoms with van der Waals surface area (Å²) in [6.07, 6.45) is 3.35. The van der Waals surface area contributed by atoms with Gasteiger partial charge in [-0.05, 0) is 38.8 Å². The summed E-state index contributed by atoms with van der Waals surface area (Å²) in [4.78, 5) is 26.3. The molecule has 1 aliphatic rings. The molecule has 2 rings (SSSR count). The molecule has 0 aromatic heterocycles. The minimum Gasteiger partial charge on any atom is -0.333 e. The average Bonchev–Trinajstić information content (AvgIpc) is 2.55. The second-order valence-electron chi connectivity index (χ2n) is 6.80. The van der Waals surface area contributed by atoms with Crippen LogP contribution in [-0.4, -0.2) is 35.3 Å². The Morgan fingerprint density at radius 1 is 1.31 bits per heavy atom. The highest BCUT2D eigenvalue weighted by Crippen LogP contribution is 2.33. The first kappa shape index (κ1) is 22.3. The Kier molecular flexibility index (Phi) is 7.96. The summed E-state index contributed by atoms with van der Waals surface area (Å²) in [5, 5.41) is 2.21. The van der Waals surface area contributed by atoms with Crippen molar-refractivity contribution in [2.45, 2.75) is 45.1 Å². The lowest BCUT2D eigenvalue weighted by atomic mass is 9.74. The van der Waals surface area contributed by atoms with Crippen LogP contribution in [0.25, 0.3) is 0 Å². The zero-order valence-corrected chi connectivity index (χ0v) is 15.9. The molecule has 0 spiro atoms. The molecule has 1 fully saturated rings. The van der Waals surface area contributed by atoms with Crippen molar-refractivity contribution in [3.63, 3.8) is 0 Å². The number of benzene rings is 1. The van der Waals surface area contributed by atoms with Gasteiger partial charge in [-0.15, -0.1) is 12.4 Å². The Morgan fingerprint density at radius 2 is 1.92 bits per heavy atom. The van der Waals surface area contributed by atoms with E-state index in [2.05, 4.69) is 5.32 Å². The number of carbonyl (C=O) groups excluding carboxylic acids is 2. The van der Waals surface area contributed by atoms with Crippen LogP contribution in [0.5, 0.6) is 0 Å². The SMILES string of the molecule is CCN(CC(=O)Nc1c(F)cccc1F)C(=O)C1CCCCC1(C)N.Cl. The van der Waals surface area contributed by atoms with Crippen molar-refractivity contribution >= 4 is 29.9 Å². The van der Waals surface area contributed by atoms with Crippen molar-refractivity contribution in [1.29, 1.82) is 0 Å². The maximum absolute atomic E-state index is 13.6. The summed E-state index contributed by atoms with van der Waals surface area (Å²) >= 11 is 0. The van der Waals surface area contributed by atoms with Crippen molar-refractivity contribution in [2.24, 2.45) is 11.7 Å². The molecule has 0 saturated heterocycles. The zero-order valence-electron chi connectivity index (χ0n) is 15.1. The smallest absolute Gasteiger partial charge is 0.244 e. The molecule has 26 heavy (non-hydrogen) atoms. The Labute approximate surface area is 158 Å². The first-order valence-corrected chi connectivity index (χ1v) is 8.57. The predicted molar refractivity (Wildman–Crippen MR) is 99.0 cm³/mol. The molecule has 5 nitrogen and oxygen atoms in total. The molecule has 0 radical (unpaired) electrons. The number of anilines is 1. The van der Waals surface area contributed by atoms with Gasteiger partial charge < -0.3 is 16.0 Å². The van der Waals surface area contributed by atoms with E-state index < -0.39 is 28.8 Å². The van der Waals surface area contributed by atoms with E-state index >= 15 is 0 Å². The summed E-state index contributed by atoms with van der Waals surface area (Å²) in [5.41, 5.74) is 5.16. The van der Waals surface area contributed by atoms with Crippen LogP contribution in [0.4, 0.5) is 14.5 Å². The monoisotopic (exact) mass is 389 g/mol. The Balaban J connectivity index is 0.00000338. The normalized spacial score (nSPS) is 22.3. The van der Waals surface area contributed by atoms with E-state index in [1.807, 2.05) is 6.92 Å². The van der Waals surface area contributed by atoms with E-state index in [4.69, 9.17) is 5.73 Å². The quantitative estimate of drug-likeness (QED) is 0.812. The minimum absolute atomic E-state index is 0. The van der Waals surface area contributed by atoms with Crippen LogP contribution in [0, 0.1) is 17.6 Å². The van der Waals surface area contributed by atoms with Gasteiger partial charge in [0, 0.05) is 12.1 Å². The highest BCUT2D eigenvalue weighted by Gasteiger charge is 2.39. The number of nitrogens with two attached hydrogens (primary N) is 1. The van der Waals surface area contributed by atoms with Crippen molar-refractivity contribution in [3.8, 4) is 0 Å². The zero-order chi connectivity index (χ0) is 18.6. The average molecular weight is 390 g/mol. The highest BCUT2D eigenvalue weighted by atomic mass is 35.5. The van der Waals surface area contributed by atoms with Crippen LogP contribution < -0.4 is 11.1 Å². The Morgan fingerprint density at radius 3 is 2.46 bits per heavy atom. The highest BCUT2D eigenvalue weighted by molar-refractivity contribution is 5.95. The van der Waals surface area contributed by atoms with Crippen LogP contribution in [0.1, 0.15) is 39.5 Å². The molecule has 0 heterocycles.